The fourth-order valence-electron chi connectivity index (χ4n) is 2.75. The lowest BCUT2D eigenvalue weighted by Crippen LogP contribution is -2.67. The average molecular weight is 264 g/mol. The topological polar surface area (TPSA) is 33.1 Å². The molecule has 0 aliphatic carbocycles. The van der Waals surface area contributed by atoms with Crippen molar-refractivity contribution < 1.29 is 0 Å². The van der Waals surface area contributed by atoms with Gasteiger partial charge < -0.3 is 5.32 Å². The summed E-state index contributed by atoms with van der Waals surface area (Å²) in [6.07, 6.45) is 4.12. The third kappa shape index (κ3) is 3.18. The van der Waals surface area contributed by atoms with Gasteiger partial charge in [-0.25, -0.2) is 0 Å². The van der Waals surface area contributed by atoms with Gasteiger partial charge in [-0.15, -0.1) is 0 Å². The first kappa shape index (κ1) is 14.5. The molecule has 0 amide bonds. The van der Waals surface area contributed by atoms with Gasteiger partial charge in [0.25, 0.3) is 0 Å². The van der Waals surface area contributed by atoms with Crippen LogP contribution in [0.3, 0.4) is 0 Å². The molecule has 19 heavy (non-hydrogen) atoms. The van der Waals surface area contributed by atoms with Crippen molar-refractivity contribution in [2.24, 2.45) is 7.05 Å². The molecule has 0 spiro atoms. The molecule has 1 aromatic rings. The number of piperazine rings is 1. The third-order valence-electron chi connectivity index (χ3n) is 4.68. The van der Waals surface area contributed by atoms with Crippen LogP contribution in [0.5, 0.6) is 0 Å². The van der Waals surface area contributed by atoms with E-state index >= 15 is 0 Å². The summed E-state index contributed by atoms with van der Waals surface area (Å²) in [6, 6.07) is 2.12. The van der Waals surface area contributed by atoms with Crippen molar-refractivity contribution in [3.63, 3.8) is 0 Å². The molecule has 1 aromatic heterocycles. The van der Waals surface area contributed by atoms with Gasteiger partial charge in [0, 0.05) is 56.1 Å². The molecule has 1 aliphatic rings. The molecule has 1 N–H and O–H groups in total. The Morgan fingerprint density at radius 3 is 2.68 bits per heavy atom. The summed E-state index contributed by atoms with van der Waals surface area (Å²) in [5.41, 5.74) is 1.79. The lowest BCUT2D eigenvalue weighted by atomic mass is 9.88. The highest BCUT2D eigenvalue weighted by Gasteiger charge is 2.38. The summed E-state index contributed by atoms with van der Waals surface area (Å²) in [7, 11) is 2.02. The normalized spacial score (nSPS) is 27.6. The Kier molecular flexibility index (Phi) is 4.02. The molecule has 1 atom stereocenters. The Morgan fingerprint density at radius 1 is 1.37 bits per heavy atom. The molecule has 108 valence electrons. The SMILES string of the molecule is CCC1(C)CN(CCc2ccnn2C)C(C)(C)CN1. The first-order valence-corrected chi connectivity index (χ1v) is 7.33. The summed E-state index contributed by atoms with van der Waals surface area (Å²) >= 11 is 0. The Hall–Kier alpha value is -0.870. The van der Waals surface area contributed by atoms with Crippen LogP contribution in [0.4, 0.5) is 0 Å². The highest BCUT2D eigenvalue weighted by Crippen LogP contribution is 2.25. The van der Waals surface area contributed by atoms with Crippen molar-refractivity contribution in [1.82, 2.24) is 20.0 Å². The minimum absolute atomic E-state index is 0.229. The Morgan fingerprint density at radius 2 is 2.11 bits per heavy atom. The molecule has 0 saturated carbocycles. The highest BCUT2D eigenvalue weighted by molar-refractivity contribution is 5.03. The first-order chi connectivity index (χ1) is 8.86. The van der Waals surface area contributed by atoms with Crippen LogP contribution in [0.15, 0.2) is 12.3 Å². The number of rotatable bonds is 4. The summed E-state index contributed by atoms with van der Waals surface area (Å²) in [4.78, 5) is 2.62. The van der Waals surface area contributed by atoms with Crippen LogP contribution in [0.2, 0.25) is 0 Å². The van der Waals surface area contributed by atoms with Gasteiger partial charge in [-0.05, 0) is 33.3 Å². The van der Waals surface area contributed by atoms with Gasteiger partial charge in [-0.1, -0.05) is 6.92 Å². The molecular weight excluding hydrogens is 236 g/mol. The van der Waals surface area contributed by atoms with Crippen LogP contribution in [0.25, 0.3) is 0 Å². The quantitative estimate of drug-likeness (QED) is 0.900. The van der Waals surface area contributed by atoms with Gasteiger partial charge in [0.05, 0.1) is 0 Å². The van der Waals surface area contributed by atoms with E-state index in [1.165, 1.54) is 12.1 Å². The van der Waals surface area contributed by atoms with Gasteiger partial charge in [-0.3, -0.25) is 9.58 Å². The molecule has 2 heterocycles. The predicted molar refractivity (Wildman–Crippen MR) is 79.3 cm³/mol. The molecule has 2 rings (SSSR count). The maximum Gasteiger partial charge on any atom is 0.0492 e. The van der Waals surface area contributed by atoms with Crippen LogP contribution in [-0.2, 0) is 13.5 Å². The smallest absolute Gasteiger partial charge is 0.0492 e. The second kappa shape index (κ2) is 5.25. The Labute approximate surface area is 117 Å². The molecule has 4 heteroatoms. The molecule has 1 saturated heterocycles. The molecule has 0 radical (unpaired) electrons. The zero-order chi connectivity index (χ0) is 14.1. The summed E-state index contributed by atoms with van der Waals surface area (Å²) in [5, 5.41) is 7.96. The van der Waals surface area contributed by atoms with Crippen molar-refractivity contribution in [2.75, 3.05) is 19.6 Å². The number of nitrogens with zero attached hydrogens (tertiary/aromatic N) is 3. The van der Waals surface area contributed by atoms with E-state index in [0.717, 1.165) is 26.1 Å². The molecule has 0 bridgehead atoms. The number of aromatic nitrogens is 2. The number of hydrogen-bond donors (Lipinski definition) is 1. The first-order valence-electron chi connectivity index (χ1n) is 7.33. The Balaban J connectivity index is 2.02. The van der Waals surface area contributed by atoms with Crippen LogP contribution in [0, 0.1) is 0 Å². The van der Waals surface area contributed by atoms with E-state index < -0.39 is 0 Å². The van der Waals surface area contributed by atoms with Gasteiger partial charge in [0.2, 0.25) is 0 Å². The fourth-order valence-corrected chi connectivity index (χ4v) is 2.75. The number of aryl methyl sites for hydroxylation is 1. The van der Waals surface area contributed by atoms with E-state index in [1.54, 1.807) is 0 Å². The lowest BCUT2D eigenvalue weighted by Gasteiger charge is -2.50. The largest absolute Gasteiger partial charge is 0.308 e. The van der Waals surface area contributed by atoms with Crippen molar-refractivity contribution in [1.29, 1.82) is 0 Å². The second-order valence-corrected chi connectivity index (χ2v) is 6.70. The lowest BCUT2D eigenvalue weighted by molar-refractivity contribution is 0.0320. The van der Waals surface area contributed by atoms with Crippen LogP contribution >= 0.6 is 0 Å². The van der Waals surface area contributed by atoms with Gasteiger partial charge in [0.15, 0.2) is 0 Å². The van der Waals surface area contributed by atoms with Crippen molar-refractivity contribution in [3.8, 4) is 0 Å². The minimum Gasteiger partial charge on any atom is -0.308 e. The molecule has 1 fully saturated rings. The van der Waals surface area contributed by atoms with Crippen molar-refractivity contribution in [3.05, 3.63) is 18.0 Å². The van der Waals surface area contributed by atoms with Gasteiger partial charge >= 0.3 is 0 Å². The van der Waals surface area contributed by atoms with Crippen LogP contribution in [-0.4, -0.2) is 45.4 Å². The monoisotopic (exact) mass is 264 g/mol. The summed E-state index contributed by atoms with van der Waals surface area (Å²) in [6.45, 7) is 12.5. The van der Waals surface area contributed by atoms with E-state index in [-0.39, 0.29) is 11.1 Å². The molecule has 1 unspecified atom stereocenters. The van der Waals surface area contributed by atoms with E-state index in [1.807, 2.05) is 17.9 Å². The van der Waals surface area contributed by atoms with E-state index in [2.05, 4.69) is 49.1 Å². The van der Waals surface area contributed by atoms with Crippen molar-refractivity contribution >= 4 is 0 Å². The number of nitrogens with one attached hydrogen (secondary N) is 1. The molecular formula is C15H28N4. The zero-order valence-electron chi connectivity index (χ0n) is 13.0. The Bertz CT molecular complexity index is 424. The van der Waals surface area contributed by atoms with E-state index in [0.29, 0.717) is 0 Å². The van der Waals surface area contributed by atoms with Crippen LogP contribution in [0.1, 0.15) is 39.8 Å². The zero-order valence-corrected chi connectivity index (χ0v) is 13.0. The molecule has 4 nitrogen and oxygen atoms in total. The maximum atomic E-state index is 4.25. The van der Waals surface area contributed by atoms with E-state index in [9.17, 15) is 0 Å². The van der Waals surface area contributed by atoms with Gasteiger partial charge in [0.1, 0.15) is 0 Å². The predicted octanol–water partition coefficient (Wildman–Crippen LogP) is 1.82. The average Bonchev–Trinajstić information content (AvgIpc) is 2.77. The van der Waals surface area contributed by atoms with E-state index in [4.69, 9.17) is 0 Å². The highest BCUT2D eigenvalue weighted by atomic mass is 15.3. The second-order valence-electron chi connectivity index (χ2n) is 6.70. The number of hydrogen-bond acceptors (Lipinski definition) is 3. The third-order valence-corrected chi connectivity index (χ3v) is 4.68. The summed E-state index contributed by atoms with van der Waals surface area (Å²) < 4.78 is 1.98. The van der Waals surface area contributed by atoms with Crippen molar-refractivity contribution in [2.45, 2.75) is 51.6 Å². The standard InChI is InChI=1S/C15H28N4/c1-6-15(4)12-19(14(2,3)11-16-15)10-8-13-7-9-17-18(13)5/h7,9,16H,6,8,10-12H2,1-5H3. The minimum atomic E-state index is 0.229. The summed E-state index contributed by atoms with van der Waals surface area (Å²) in [5.74, 6) is 0. The van der Waals surface area contributed by atoms with Crippen LogP contribution < -0.4 is 5.32 Å². The van der Waals surface area contributed by atoms with Gasteiger partial charge in [-0.2, -0.15) is 5.10 Å². The molecule has 1 aliphatic heterocycles. The maximum absolute atomic E-state index is 4.25. The molecule has 0 aromatic carbocycles. The fraction of sp³-hybridized carbons (Fsp3) is 0.800.